The van der Waals surface area contributed by atoms with Crippen molar-refractivity contribution in [3.63, 3.8) is 0 Å². The fourth-order valence-electron chi connectivity index (χ4n) is 3.69. The molecule has 0 unspecified atom stereocenters. The molecule has 3 rings (SSSR count). The molecule has 2 aliphatic rings. The predicted octanol–water partition coefficient (Wildman–Crippen LogP) is 1.68. The Hall–Kier alpha value is -1.40. The van der Waals surface area contributed by atoms with E-state index in [1.807, 2.05) is 12.4 Å². The zero-order chi connectivity index (χ0) is 15.9. The van der Waals surface area contributed by atoms with Crippen LogP contribution < -0.4 is 5.32 Å². The van der Waals surface area contributed by atoms with Crippen LogP contribution in [-0.4, -0.2) is 48.6 Å². The molecule has 2 atom stereocenters. The number of aromatic amines is 1. The second-order valence-electron chi connectivity index (χ2n) is 6.61. The summed E-state index contributed by atoms with van der Waals surface area (Å²) in [4.78, 5) is 12.3. The lowest BCUT2D eigenvalue weighted by Crippen LogP contribution is -2.49. The highest BCUT2D eigenvalue weighted by molar-refractivity contribution is 5.76. The van der Waals surface area contributed by atoms with Crippen LogP contribution in [0, 0.1) is 11.8 Å². The van der Waals surface area contributed by atoms with Gasteiger partial charge >= 0.3 is 0 Å². The molecular weight excluding hydrogens is 294 g/mol. The molecule has 0 bridgehead atoms. The van der Waals surface area contributed by atoms with Crippen molar-refractivity contribution in [2.75, 3.05) is 26.4 Å². The number of rotatable bonds is 6. The van der Waals surface area contributed by atoms with Crippen molar-refractivity contribution < 1.29 is 14.3 Å². The summed E-state index contributed by atoms with van der Waals surface area (Å²) in [5.74, 6) is 1.21. The molecule has 2 N–H and O–H groups in total. The van der Waals surface area contributed by atoms with E-state index in [0.29, 0.717) is 18.3 Å². The van der Waals surface area contributed by atoms with E-state index in [1.54, 1.807) is 0 Å². The lowest BCUT2D eigenvalue weighted by molar-refractivity contribution is -0.124. The van der Waals surface area contributed by atoms with E-state index < -0.39 is 0 Å². The largest absolute Gasteiger partial charge is 0.381 e. The summed E-state index contributed by atoms with van der Waals surface area (Å²) >= 11 is 0. The highest BCUT2D eigenvalue weighted by atomic mass is 16.5. The monoisotopic (exact) mass is 321 g/mol. The minimum atomic E-state index is 0.164. The summed E-state index contributed by atoms with van der Waals surface area (Å²) in [7, 11) is 0. The number of aromatic nitrogens is 2. The number of nitrogens with one attached hydrogen (secondary N) is 2. The summed E-state index contributed by atoms with van der Waals surface area (Å²) in [6.07, 6.45) is 9.12. The van der Waals surface area contributed by atoms with E-state index in [-0.39, 0.29) is 11.9 Å². The third-order valence-electron chi connectivity index (χ3n) is 5.04. The maximum Gasteiger partial charge on any atom is 0.220 e. The Bertz CT molecular complexity index is 471. The molecule has 0 radical (unpaired) electrons. The highest BCUT2D eigenvalue weighted by Crippen LogP contribution is 2.30. The van der Waals surface area contributed by atoms with Gasteiger partial charge in [0.15, 0.2) is 0 Å². The second kappa shape index (κ2) is 8.45. The van der Waals surface area contributed by atoms with Crippen LogP contribution in [0.4, 0.5) is 0 Å². The number of hydrogen-bond acceptors (Lipinski definition) is 4. The zero-order valence-electron chi connectivity index (χ0n) is 13.6. The number of H-pyrrole nitrogens is 1. The van der Waals surface area contributed by atoms with Gasteiger partial charge in [0.05, 0.1) is 12.8 Å². The molecule has 3 heterocycles. The first-order valence-corrected chi connectivity index (χ1v) is 8.75. The van der Waals surface area contributed by atoms with Gasteiger partial charge in [-0.3, -0.25) is 9.89 Å². The highest BCUT2D eigenvalue weighted by Gasteiger charge is 2.34. The molecule has 6 heteroatoms. The molecule has 0 saturated carbocycles. The van der Waals surface area contributed by atoms with Gasteiger partial charge in [-0.25, -0.2) is 0 Å². The van der Waals surface area contributed by atoms with Gasteiger partial charge in [0.25, 0.3) is 0 Å². The molecule has 1 aromatic rings. The number of carbonyl (C=O) groups is 1. The van der Waals surface area contributed by atoms with Crippen LogP contribution in [0.15, 0.2) is 12.4 Å². The summed E-state index contributed by atoms with van der Waals surface area (Å²) in [5, 5.41) is 9.99. The van der Waals surface area contributed by atoms with E-state index in [9.17, 15) is 4.79 Å². The molecule has 6 nitrogen and oxygen atoms in total. The molecule has 23 heavy (non-hydrogen) atoms. The van der Waals surface area contributed by atoms with Gasteiger partial charge in [-0.15, -0.1) is 0 Å². The molecule has 0 aromatic carbocycles. The van der Waals surface area contributed by atoms with Crippen molar-refractivity contribution in [2.24, 2.45) is 11.8 Å². The van der Waals surface area contributed by atoms with Crippen molar-refractivity contribution in [3.8, 4) is 0 Å². The normalized spacial score (nSPS) is 26.1. The Morgan fingerprint density at radius 1 is 1.26 bits per heavy atom. The van der Waals surface area contributed by atoms with E-state index in [1.165, 1.54) is 0 Å². The Kier molecular flexibility index (Phi) is 6.05. The molecule has 2 fully saturated rings. The van der Waals surface area contributed by atoms with Crippen LogP contribution in [0.3, 0.4) is 0 Å². The molecule has 1 amide bonds. The van der Waals surface area contributed by atoms with Crippen molar-refractivity contribution in [2.45, 2.75) is 44.6 Å². The Morgan fingerprint density at radius 2 is 2.09 bits per heavy atom. The maximum atomic E-state index is 12.3. The number of hydrogen-bond donors (Lipinski definition) is 2. The fourth-order valence-corrected chi connectivity index (χ4v) is 3.69. The minimum Gasteiger partial charge on any atom is -0.381 e. The van der Waals surface area contributed by atoms with E-state index in [0.717, 1.165) is 64.1 Å². The van der Waals surface area contributed by atoms with Gasteiger partial charge in [0.1, 0.15) is 0 Å². The smallest absolute Gasteiger partial charge is 0.220 e. The number of ether oxygens (including phenoxy) is 2. The Labute approximate surface area is 137 Å². The first kappa shape index (κ1) is 16.5. The van der Waals surface area contributed by atoms with Crippen LogP contribution >= 0.6 is 0 Å². The van der Waals surface area contributed by atoms with Crippen molar-refractivity contribution in [1.29, 1.82) is 0 Å². The van der Waals surface area contributed by atoms with Crippen molar-refractivity contribution >= 4 is 5.91 Å². The zero-order valence-corrected chi connectivity index (χ0v) is 13.6. The SMILES string of the molecule is O=C(CCCc1cn[nH]c1)N[C@H]1CCOC[C@H]1C1CCOCC1. The van der Waals surface area contributed by atoms with Crippen LogP contribution in [-0.2, 0) is 20.7 Å². The lowest BCUT2D eigenvalue weighted by Gasteiger charge is -2.39. The Balaban J connectivity index is 1.45. The van der Waals surface area contributed by atoms with Gasteiger partial charge in [-0.05, 0) is 43.6 Å². The third-order valence-corrected chi connectivity index (χ3v) is 5.04. The second-order valence-corrected chi connectivity index (χ2v) is 6.61. The van der Waals surface area contributed by atoms with Crippen molar-refractivity contribution in [1.82, 2.24) is 15.5 Å². The standard InChI is InChI=1S/C17H27N3O3/c21-17(3-1-2-13-10-18-19-11-13)20-16-6-9-23-12-15(16)14-4-7-22-8-5-14/h10-11,14-16H,1-9,12H2,(H,18,19)(H,20,21)/t15-,16-/m0/s1. The fraction of sp³-hybridized carbons (Fsp3) is 0.765. The molecular formula is C17H27N3O3. The Morgan fingerprint density at radius 3 is 2.87 bits per heavy atom. The third kappa shape index (κ3) is 4.78. The van der Waals surface area contributed by atoms with Crippen LogP contribution in [0.2, 0.25) is 0 Å². The van der Waals surface area contributed by atoms with E-state index >= 15 is 0 Å². The van der Waals surface area contributed by atoms with Gasteiger partial charge < -0.3 is 14.8 Å². The lowest BCUT2D eigenvalue weighted by atomic mass is 9.79. The average Bonchev–Trinajstić information content (AvgIpc) is 3.09. The van der Waals surface area contributed by atoms with E-state index in [4.69, 9.17) is 9.47 Å². The van der Waals surface area contributed by atoms with Gasteiger partial charge in [-0.1, -0.05) is 0 Å². The van der Waals surface area contributed by atoms with E-state index in [2.05, 4.69) is 15.5 Å². The molecule has 1 aromatic heterocycles. The topological polar surface area (TPSA) is 76.2 Å². The molecule has 2 saturated heterocycles. The van der Waals surface area contributed by atoms with Gasteiger partial charge in [0.2, 0.25) is 5.91 Å². The number of amides is 1. The number of carbonyl (C=O) groups excluding carboxylic acids is 1. The quantitative estimate of drug-likeness (QED) is 0.836. The maximum absolute atomic E-state index is 12.3. The van der Waals surface area contributed by atoms with Crippen LogP contribution in [0.1, 0.15) is 37.7 Å². The molecule has 0 aliphatic carbocycles. The molecule has 0 spiro atoms. The van der Waals surface area contributed by atoms with Gasteiger partial charge in [-0.2, -0.15) is 5.10 Å². The molecule has 128 valence electrons. The van der Waals surface area contributed by atoms with Gasteiger partial charge in [0, 0.05) is 44.4 Å². The van der Waals surface area contributed by atoms with Crippen LogP contribution in [0.5, 0.6) is 0 Å². The molecule has 2 aliphatic heterocycles. The first-order valence-electron chi connectivity index (χ1n) is 8.75. The van der Waals surface area contributed by atoms with Crippen molar-refractivity contribution in [3.05, 3.63) is 18.0 Å². The average molecular weight is 321 g/mol. The summed E-state index contributed by atoms with van der Waals surface area (Å²) < 4.78 is 11.1. The minimum absolute atomic E-state index is 0.164. The number of nitrogens with zero attached hydrogens (tertiary/aromatic N) is 1. The summed E-state index contributed by atoms with van der Waals surface area (Å²) in [6.45, 7) is 3.20. The predicted molar refractivity (Wildman–Crippen MR) is 85.9 cm³/mol. The van der Waals surface area contributed by atoms with Crippen LogP contribution in [0.25, 0.3) is 0 Å². The number of aryl methyl sites for hydroxylation is 1. The first-order chi connectivity index (χ1) is 11.3. The summed E-state index contributed by atoms with van der Waals surface area (Å²) in [5.41, 5.74) is 1.16. The summed E-state index contributed by atoms with van der Waals surface area (Å²) in [6, 6.07) is 0.258.